The van der Waals surface area contributed by atoms with Crippen LogP contribution >= 0.6 is 12.2 Å². The quantitative estimate of drug-likeness (QED) is 0.815. The lowest BCUT2D eigenvalue weighted by molar-refractivity contribution is -0.137. The second kappa shape index (κ2) is 7.53. The molecule has 0 aliphatic carbocycles. The van der Waals surface area contributed by atoms with Gasteiger partial charge in [0.25, 0.3) is 0 Å². The third-order valence-corrected chi connectivity index (χ3v) is 3.76. The van der Waals surface area contributed by atoms with Crippen LogP contribution in [0.4, 0.5) is 18.9 Å². The Balaban J connectivity index is 2.03. The summed E-state index contributed by atoms with van der Waals surface area (Å²) in [6.45, 7) is 0.502. The zero-order chi connectivity index (χ0) is 17.7. The maximum atomic E-state index is 12.7. The molecule has 0 radical (unpaired) electrons. The second-order valence-electron chi connectivity index (χ2n) is 5.22. The molecule has 24 heavy (non-hydrogen) atoms. The molecule has 0 aliphatic rings. The highest BCUT2D eigenvalue weighted by atomic mass is 32.1. The lowest BCUT2D eigenvalue weighted by Crippen LogP contribution is -2.30. The van der Waals surface area contributed by atoms with Crippen molar-refractivity contribution >= 4 is 23.0 Å². The highest BCUT2D eigenvalue weighted by Gasteiger charge is 2.30. The first-order valence-electron chi connectivity index (χ1n) is 7.12. The zero-order valence-electron chi connectivity index (χ0n) is 13.2. The van der Waals surface area contributed by atoms with Gasteiger partial charge in [0.15, 0.2) is 5.11 Å². The molecule has 7 heteroatoms. The summed E-state index contributed by atoms with van der Waals surface area (Å²) < 4.78 is 43.4. The van der Waals surface area contributed by atoms with E-state index in [0.29, 0.717) is 17.3 Å². The number of rotatable bonds is 4. The molecule has 0 saturated carbocycles. The minimum absolute atomic E-state index is 0.298. The van der Waals surface area contributed by atoms with Gasteiger partial charge in [-0.3, -0.25) is 0 Å². The lowest BCUT2D eigenvalue weighted by Gasteiger charge is -2.21. The fraction of sp³-hybridized carbons (Fsp3) is 0.235. The normalized spacial score (nSPS) is 11.0. The molecule has 2 aromatic carbocycles. The van der Waals surface area contributed by atoms with E-state index in [0.717, 1.165) is 23.4 Å². The van der Waals surface area contributed by atoms with Gasteiger partial charge in [0.05, 0.1) is 12.7 Å². The molecule has 0 aliphatic heterocycles. The van der Waals surface area contributed by atoms with Crippen molar-refractivity contribution in [3.05, 3.63) is 59.7 Å². The molecular formula is C17H17F3N2OS. The molecule has 128 valence electrons. The maximum Gasteiger partial charge on any atom is 0.416 e. The van der Waals surface area contributed by atoms with E-state index in [1.54, 1.807) is 25.1 Å². The molecule has 2 rings (SSSR count). The van der Waals surface area contributed by atoms with Gasteiger partial charge in [-0.05, 0) is 48.1 Å². The molecule has 3 nitrogen and oxygen atoms in total. The van der Waals surface area contributed by atoms with Crippen LogP contribution in [-0.4, -0.2) is 24.2 Å². The summed E-state index contributed by atoms with van der Waals surface area (Å²) in [5, 5.41) is 3.16. The van der Waals surface area contributed by atoms with Crippen LogP contribution in [0.15, 0.2) is 48.5 Å². The minimum atomic E-state index is -4.38. The number of nitrogens with one attached hydrogen (secondary N) is 1. The van der Waals surface area contributed by atoms with E-state index >= 15 is 0 Å². The number of ether oxygens (including phenoxy) is 1. The van der Waals surface area contributed by atoms with E-state index < -0.39 is 11.7 Å². The predicted octanol–water partition coefficient (Wildman–Crippen LogP) is 4.54. The van der Waals surface area contributed by atoms with Crippen LogP contribution in [0.25, 0.3) is 0 Å². The number of alkyl halides is 3. The highest BCUT2D eigenvalue weighted by molar-refractivity contribution is 7.80. The number of hydrogen-bond acceptors (Lipinski definition) is 2. The van der Waals surface area contributed by atoms with Crippen molar-refractivity contribution in [2.75, 3.05) is 19.5 Å². The molecule has 0 atom stereocenters. The first-order chi connectivity index (χ1) is 11.3. The van der Waals surface area contributed by atoms with E-state index in [-0.39, 0.29) is 0 Å². The number of halogens is 3. The van der Waals surface area contributed by atoms with Crippen LogP contribution in [0.5, 0.6) is 5.75 Å². The molecule has 0 heterocycles. The molecule has 0 saturated heterocycles. The first-order valence-corrected chi connectivity index (χ1v) is 7.53. The Morgan fingerprint density at radius 1 is 1.17 bits per heavy atom. The van der Waals surface area contributed by atoms with Gasteiger partial charge in [0.1, 0.15) is 5.75 Å². The Morgan fingerprint density at radius 2 is 1.88 bits per heavy atom. The SMILES string of the molecule is COc1cccc(CN(C)C(=S)Nc2cccc(C(F)(F)F)c2)c1. The standard InChI is InChI=1S/C17H17F3N2OS/c1-22(11-12-5-3-8-15(9-12)23-2)16(24)21-14-7-4-6-13(10-14)17(18,19)20/h3-10H,11H2,1-2H3,(H,21,24). The third-order valence-electron chi connectivity index (χ3n) is 3.34. The van der Waals surface area contributed by atoms with Crippen LogP contribution in [-0.2, 0) is 12.7 Å². The smallest absolute Gasteiger partial charge is 0.416 e. The van der Waals surface area contributed by atoms with E-state index in [9.17, 15) is 13.2 Å². The van der Waals surface area contributed by atoms with Crippen molar-refractivity contribution in [3.8, 4) is 5.75 Å². The van der Waals surface area contributed by atoms with Gasteiger partial charge < -0.3 is 15.0 Å². The zero-order valence-corrected chi connectivity index (χ0v) is 14.0. The van der Waals surface area contributed by atoms with Gasteiger partial charge in [0, 0.05) is 19.3 Å². The number of methoxy groups -OCH3 is 1. The fourth-order valence-electron chi connectivity index (χ4n) is 2.11. The third kappa shape index (κ3) is 4.86. The number of nitrogens with zero attached hydrogens (tertiary/aromatic N) is 1. The summed E-state index contributed by atoms with van der Waals surface area (Å²) in [7, 11) is 3.35. The number of anilines is 1. The summed E-state index contributed by atoms with van der Waals surface area (Å²) in [4.78, 5) is 1.74. The van der Waals surface area contributed by atoms with Crippen molar-refractivity contribution in [1.29, 1.82) is 0 Å². The molecule has 0 bridgehead atoms. The predicted molar refractivity (Wildman–Crippen MR) is 92.1 cm³/mol. The van der Waals surface area contributed by atoms with Crippen molar-refractivity contribution in [3.63, 3.8) is 0 Å². The van der Waals surface area contributed by atoms with Gasteiger partial charge in [-0.15, -0.1) is 0 Å². The molecule has 0 amide bonds. The largest absolute Gasteiger partial charge is 0.497 e. The average molecular weight is 354 g/mol. The number of hydrogen-bond donors (Lipinski definition) is 1. The Kier molecular flexibility index (Phi) is 5.66. The van der Waals surface area contributed by atoms with E-state index in [2.05, 4.69) is 5.32 Å². The highest BCUT2D eigenvalue weighted by Crippen LogP contribution is 2.30. The summed E-state index contributed by atoms with van der Waals surface area (Å²) >= 11 is 5.26. The van der Waals surface area contributed by atoms with Crippen molar-refractivity contribution < 1.29 is 17.9 Å². The monoisotopic (exact) mass is 354 g/mol. The number of thiocarbonyl (C=S) groups is 1. The average Bonchev–Trinajstić information content (AvgIpc) is 2.54. The van der Waals surface area contributed by atoms with E-state index in [1.807, 2.05) is 24.3 Å². The molecule has 0 fully saturated rings. The summed E-state index contributed by atoms with van der Waals surface area (Å²) in [6, 6.07) is 12.4. The van der Waals surface area contributed by atoms with Gasteiger partial charge in [-0.25, -0.2) is 0 Å². The summed E-state index contributed by atoms with van der Waals surface area (Å²) in [5.74, 6) is 0.734. The van der Waals surface area contributed by atoms with Crippen molar-refractivity contribution in [2.45, 2.75) is 12.7 Å². The molecule has 0 aromatic heterocycles. The summed E-state index contributed by atoms with van der Waals surface area (Å²) in [5.41, 5.74) is 0.558. The Labute approximate surface area is 144 Å². The Bertz CT molecular complexity index is 719. The first kappa shape index (κ1) is 18.1. The van der Waals surface area contributed by atoms with Crippen LogP contribution < -0.4 is 10.1 Å². The minimum Gasteiger partial charge on any atom is -0.497 e. The Morgan fingerprint density at radius 3 is 2.54 bits per heavy atom. The van der Waals surface area contributed by atoms with Crippen LogP contribution in [0, 0.1) is 0 Å². The van der Waals surface area contributed by atoms with Gasteiger partial charge in [-0.2, -0.15) is 13.2 Å². The van der Waals surface area contributed by atoms with Crippen LogP contribution in [0.2, 0.25) is 0 Å². The van der Waals surface area contributed by atoms with Gasteiger partial charge in [0.2, 0.25) is 0 Å². The number of benzene rings is 2. The second-order valence-corrected chi connectivity index (χ2v) is 5.60. The lowest BCUT2D eigenvalue weighted by atomic mass is 10.2. The molecule has 1 N–H and O–H groups in total. The van der Waals surface area contributed by atoms with Crippen molar-refractivity contribution in [1.82, 2.24) is 4.90 Å². The van der Waals surface area contributed by atoms with Crippen LogP contribution in [0.3, 0.4) is 0 Å². The van der Waals surface area contributed by atoms with E-state index in [4.69, 9.17) is 17.0 Å². The maximum absolute atomic E-state index is 12.7. The van der Waals surface area contributed by atoms with Gasteiger partial charge >= 0.3 is 6.18 Å². The molecule has 0 unspecified atom stereocenters. The summed E-state index contributed by atoms with van der Waals surface area (Å²) in [6.07, 6.45) is -4.38. The topological polar surface area (TPSA) is 24.5 Å². The molecule has 0 spiro atoms. The molecular weight excluding hydrogens is 337 g/mol. The molecule has 2 aromatic rings. The van der Waals surface area contributed by atoms with Crippen molar-refractivity contribution in [2.24, 2.45) is 0 Å². The van der Waals surface area contributed by atoms with Crippen LogP contribution in [0.1, 0.15) is 11.1 Å². The van der Waals surface area contributed by atoms with Gasteiger partial charge in [-0.1, -0.05) is 18.2 Å². The fourth-order valence-corrected chi connectivity index (χ4v) is 2.29. The van der Waals surface area contributed by atoms with E-state index in [1.165, 1.54) is 6.07 Å². The Hall–Kier alpha value is -2.28.